The number of carboxylic acid groups (broad SMARTS) is 1. The van der Waals surface area contributed by atoms with Gasteiger partial charge in [-0.1, -0.05) is 15.9 Å². The number of nitrogens with one attached hydrogen (secondary N) is 1. The number of carbonyl (C=O) groups excluding carboxylic acids is 1. The van der Waals surface area contributed by atoms with E-state index in [-0.39, 0.29) is 23.3 Å². The Morgan fingerprint density at radius 1 is 1.38 bits per heavy atom. The largest absolute Gasteiger partial charge is 0.478 e. The van der Waals surface area contributed by atoms with Crippen LogP contribution in [0.1, 0.15) is 23.2 Å². The van der Waals surface area contributed by atoms with E-state index < -0.39 is 5.97 Å². The molecule has 0 bridgehead atoms. The van der Waals surface area contributed by atoms with E-state index in [2.05, 4.69) is 21.2 Å². The first-order chi connectivity index (χ1) is 10.1. The van der Waals surface area contributed by atoms with Crippen molar-refractivity contribution in [3.05, 3.63) is 28.2 Å². The van der Waals surface area contributed by atoms with Gasteiger partial charge in [-0.15, -0.1) is 11.8 Å². The van der Waals surface area contributed by atoms with Crippen molar-refractivity contribution in [1.29, 1.82) is 0 Å². The molecule has 0 unspecified atom stereocenters. The summed E-state index contributed by atoms with van der Waals surface area (Å²) in [7, 11) is 0. The molecule has 7 heteroatoms. The van der Waals surface area contributed by atoms with Gasteiger partial charge in [-0.3, -0.25) is 4.79 Å². The molecule has 0 aliphatic carbocycles. The summed E-state index contributed by atoms with van der Waals surface area (Å²) in [5.41, 5.74) is 0.210. The highest BCUT2D eigenvalue weighted by Gasteiger charge is 2.17. The fourth-order valence-electron chi connectivity index (χ4n) is 2.05. The van der Waals surface area contributed by atoms with Crippen LogP contribution in [0.25, 0.3) is 0 Å². The minimum Gasteiger partial charge on any atom is -0.478 e. The first kappa shape index (κ1) is 16.3. The quantitative estimate of drug-likeness (QED) is 0.775. The topological polar surface area (TPSA) is 75.6 Å². The maximum atomic E-state index is 11.9. The van der Waals surface area contributed by atoms with E-state index in [1.807, 2.05) is 0 Å². The summed E-state index contributed by atoms with van der Waals surface area (Å²) in [6, 6.07) is 5.09. The predicted molar refractivity (Wildman–Crippen MR) is 83.8 cm³/mol. The lowest BCUT2D eigenvalue weighted by Crippen LogP contribution is -2.39. The van der Waals surface area contributed by atoms with Crippen molar-refractivity contribution in [2.24, 2.45) is 0 Å². The molecule has 1 heterocycles. The molecule has 0 aromatic heterocycles. The summed E-state index contributed by atoms with van der Waals surface area (Å²) >= 11 is 4.54. The normalized spacial score (nSPS) is 15.7. The first-order valence-electron chi connectivity index (χ1n) is 6.59. The molecule has 21 heavy (non-hydrogen) atoms. The summed E-state index contributed by atoms with van der Waals surface area (Å²) in [5.74, 6) is -0.869. The molecule has 1 aromatic rings. The van der Waals surface area contributed by atoms with Crippen LogP contribution >= 0.6 is 27.7 Å². The maximum Gasteiger partial charge on any atom is 0.336 e. The second kappa shape index (κ2) is 7.82. The first-order valence-corrected chi connectivity index (χ1v) is 8.37. The SMILES string of the molecule is O=C(CSc1cc(Br)ccc1C(=O)O)NC1CCOCC1. The van der Waals surface area contributed by atoms with Crippen molar-refractivity contribution in [2.45, 2.75) is 23.8 Å². The number of halogens is 1. The standard InChI is InChI=1S/C14H16BrNO4S/c15-9-1-2-11(14(18)19)12(7-9)21-8-13(17)16-10-3-5-20-6-4-10/h1-2,7,10H,3-6,8H2,(H,16,17)(H,18,19). The Labute approximate surface area is 135 Å². The van der Waals surface area contributed by atoms with Crippen molar-refractivity contribution >= 4 is 39.6 Å². The molecule has 0 atom stereocenters. The second-order valence-corrected chi connectivity index (χ2v) is 6.62. The number of amides is 1. The van der Waals surface area contributed by atoms with Gasteiger partial charge < -0.3 is 15.2 Å². The number of hydrogen-bond donors (Lipinski definition) is 2. The number of rotatable bonds is 5. The van der Waals surface area contributed by atoms with Crippen molar-refractivity contribution in [2.75, 3.05) is 19.0 Å². The van der Waals surface area contributed by atoms with Crippen LogP contribution in [0, 0.1) is 0 Å². The Kier molecular flexibility index (Phi) is 6.08. The van der Waals surface area contributed by atoms with Crippen LogP contribution in [-0.2, 0) is 9.53 Å². The lowest BCUT2D eigenvalue weighted by Gasteiger charge is -2.23. The van der Waals surface area contributed by atoms with Gasteiger partial charge in [0, 0.05) is 28.6 Å². The lowest BCUT2D eigenvalue weighted by molar-refractivity contribution is -0.119. The van der Waals surface area contributed by atoms with Gasteiger partial charge in [0.1, 0.15) is 0 Å². The molecule has 2 N–H and O–H groups in total. The van der Waals surface area contributed by atoms with Gasteiger partial charge in [-0.2, -0.15) is 0 Å². The van der Waals surface area contributed by atoms with E-state index in [1.165, 1.54) is 17.8 Å². The summed E-state index contributed by atoms with van der Waals surface area (Å²) < 4.78 is 6.03. The summed E-state index contributed by atoms with van der Waals surface area (Å²) in [6.45, 7) is 1.35. The maximum absolute atomic E-state index is 11.9. The molecular formula is C14H16BrNO4S. The van der Waals surface area contributed by atoms with E-state index in [4.69, 9.17) is 9.84 Å². The van der Waals surface area contributed by atoms with E-state index in [0.29, 0.717) is 18.1 Å². The molecule has 1 amide bonds. The third kappa shape index (κ3) is 5.01. The number of ether oxygens (including phenoxy) is 1. The van der Waals surface area contributed by atoms with Crippen LogP contribution in [0.2, 0.25) is 0 Å². The van der Waals surface area contributed by atoms with Gasteiger partial charge in [0.05, 0.1) is 11.3 Å². The molecule has 1 aliphatic heterocycles. The Bertz CT molecular complexity index is 532. The average molecular weight is 374 g/mol. The van der Waals surface area contributed by atoms with E-state index >= 15 is 0 Å². The van der Waals surface area contributed by atoms with Crippen LogP contribution in [-0.4, -0.2) is 42.0 Å². The van der Waals surface area contributed by atoms with Crippen molar-refractivity contribution in [3.63, 3.8) is 0 Å². The van der Waals surface area contributed by atoms with Crippen LogP contribution < -0.4 is 5.32 Å². The zero-order valence-electron chi connectivity index (χ0n) is 11.3. The molecule has 0 saturated carbocycles. The molecule has 1 aromatic carbocycles. The molecule has 5 nitrogen and oxygen atoms in total. The van der Waals surface area contributed by atoms with Crippen LogP contribution in [0.5, 0.6) is 0 Å². The van der Waals surface area contributed by atoms with Crippen molar-refractivity contribution < 1.29 is 19.4 Å². The number of carbonyl (C=O) groups is 2. The zero-order valence-corrected chi connectivity index (χ0v) is 13.7. The highest BCUT2D eigenvalue weighted by atomic mass is 79.9. The number of thioether (sulfide) groups is 1. The van der Waals surface area contributed by atoms with Gasteiger partial charge >= 0.3 is 5.97 Å². The average Bonchev–Trinajstić information content (AvgIpc) is 2.46. The van der Waals surface area contributed by atoms with Gasteiger partial charge in [0.25, 0.3) is 0 Å². The van der Waals surface area contributed by atoms with Gasteiger partial charge in [0.2, 0.25) is 5.91 Å². The molecule has 1 saturated heterocycles. The number of aromatic carboxylic acids is 1. The fourth-order valence-corrected chi connectivity index (χ4v) is 3.45. The van der Waals surface area contributed by atoms with Gasteiger partial charge in [-0.25, -0.2) is 4.79 Å². The highest BCUT2D eigenvalue weighted by Crippen LogP contribution is 2.26. The molecule has 2 rings (SSSR count). The lowest BCUT2D eigenvalue weighted by atomic mass is 10.1. The minimum absolute atomic E-state index is 0.0804. The van der Waals surface area contributed by atoms with E-state index in [0.717, 1.165) is 17.3 Å². The van der Waals surface area contributed by atoms with Crippen LogP contribution in [0.15, 0.2) is 27.6 Å². The van der Waals surface area contributed by atoms with Gasteiger partial charge in [-0.05, 0) is 31.0 Å². The predicted octanol–water partition coefficient (Wildman–Crippen LogP) is 2.53. The Hall–Kier alpha value is -1.05. The van der Waals surface area contributed by atoms with E-state index in [1.54, 1.807) is 12.1 Å². The van der Waals surface area contributed by atoms with Crippen LogP contribution in [0.4, 0.5) is 0 Å². The molecule has 1 fully saturated rings. The Balaban J connectivity index is 1.91. The summed E-state index contributed by atoms with van der Waals surface area (Å²) in [5, 5.41) is 12.1. The number of benzene rings is 1. The third-order valence-corrected chi connectivity index (χ3v) is 4.67. The smallest absolute Gasteiger partial charge is 0.336 e. The zero-order chi connectivity index (χ0) is 15.2. The molecule has 0 radical (unpaired) electrons. The third-order valence-electron chi connectivity index (χ3n) is 3.12. The van der Waals surface area contributed by atoms with E-state index in [9.17, 15) is 9.59 Å². The monoisotopic (exact) mass is 373 g/mol. The number of carboxylic acids is 1. The second-order valence-electron chi connectivity index (χ2n) is 4.69. The number of hydrogen-bond acceptors (Lipinski definition) is 4. The van der Waals surface area contributed by atoms with Crippen molar-refractivity contribution in [1.82, 2.24) is 5.32 Å². The van der Waals surface area contributed by atoms with Gasteiger partial charge in [0.15, 0.2) is 0 Å². The Morgan fingerprint density at radius 3 is 2.76 bits per heavy atom. The molecular weight excluding hydrogens is 358 g/mol. The minimum atomic E-state index is -0.991. The fraction of sp³-hybridized carbons (Fsp3) is 0.429. The molecule has 1 aliphatic rings. The Morgan fingerprint density at radius 2 is 2.10 bits per heavy atom. The summed E-state index contributed by atoms with van der Waals surface area (Å²) in [4.78, 5) is 23.7. The summed E-state index contributed by atoms with van der Waals surface area (Å²) in [6.07, 6.45) is 1.65. The van der Waals surface area contributed by atoms with Crippen molar-refractivity contribution in [3.8, 4) is 0 Å². The molecule has 0 spiro atoms. The highest BCUT2D eigenvalue weighted by molar-refractivity contribution is 9.10. The molecule has 114 valence electrons. The van der Waals surface area contributed by atoms with Crippen LogP contribution in [0.3, 0.4) is 0 Å².